The van der Waals surface area contributed by atoms with Crippen molar-refractivity contribution < 1.29 is 19.1 Å². The SMILES string of the molecule is COC1CCC(C2=N[C@H](C3CCC(Cl)CC3)[C@H](C3CCC(C)CC3)N2C(=O)N2CCNC(=O)C2)C(OC(C)C)C1. The molecular formula is C31H51ClN4O4. The quantitative estimate of drug-likeness (QED) is 0.438. The highest BCUT2D eigenvalue weighted by Gasteiger charge is 2.52. The van der Waals surface area contributed by atoms with Crippen molar-refractivity contribution in [3.05, 3.63) is 0 Å². The Hall–Kier alpha value is -1.38. The number of amides is 3. The van der Waals surface area contributed by atoms with Crippen LogP contribution in [0.4, 0.5) is 4.79 Å². The molecule has 226 valence electrons. The number of hydrogen-bond acceptors (Lipinski definition) is 5. The molecule has 2 heterocycles. The molecule has 9 heteroatoms. The lowest BCUT2D eigenvalue weighted by Gasteiger charge is -2.44. The Bertz CT molecular complexity index is 915. The van der Waals surface area contributed by atoms with Crippen molar-refractivity contribution >= 4 is 29.4 Å². The van der Waals surface area contributed by atoms with Gasteiger partial charge in [0.05, 0.1) is 30.4 Å². The summed E-state index contributed by atoms with van der Waals surface area (Å²) in [6.07, 6.45) is 11.6. The molecule has 3 unspecified atom stereocenters. The van der Waals surface area contributed by atoms with Gasteiger partial charge in [-0.3, -0.25) is 14.7 Å². The number of urea groups is 1. The molecule has 8 nitrogen and oxygen atoms in total. The molecule has 0 spiro atoms. The summed E-state index contributed by atoms with van der Waals surface area (Å²) in [4.78, 5) is 36.4. The molecule has 0 radical (unpaired) electrons. The number of ether oxygens (including phenoxy) is 2. The van der Waals surface area contributed by atoms with Crippen LogP contribution in [0, 0.1) is 23.7 Å². The molecule has 40 heavy (non-hydrogen) atoms. The van der Waals surface area contributed by atoms with Crippen molar-refractivity contribution in [2.24, 2.45) is 28.7 Å². The summed E-state index contributed by atoms with van der Waals surface area (Å²) >= 11 is 6.56. The third-order valence-electron chi connectivity index (χ3n) is 10.3. The molecule has 1 saturated heterocycles. The van der Waals surface area contributed by atoms with Crippen LogP contribution in [0.3, 0.4) is 0 Å². The van der Waals surface area contributed by atoms with E-state index in [1.807, 2.05) is 0 Å². The van der Waals surface area contributed by atoms with Crippen LogP contribution in [-0.2, 0) is 14.3 Å². The van der Waals surface area contributed by atoms with Crippen LogP contribution >= 0.6 is 11.6 Å². The van der Waals surface area contributed by atoms with Gasteiger partial charge in [-0.1, -0.05) is 19.8 Å². The first kappa shape index (κ1) is 30.1. The number of hydrogen-bond donors (Lipinski definition) is 1. The summed E-state index contributed by atoms with van der Waals surface area (Å²) in [5, 5.41) is 3.13. The maximum absolute atomic E-state index is 14.6. The fourth-order valence-corrected chi connectivity index (χ4v) is 8.33. The van der Waals surface area contributed by atoms with Gasteiger partial charge in [-0.05, 0) is 83.0 Å². The van der Waals surface area contributed by atoms with Gasteiger partial charge >= 0.3 is 6.03 Å². The monoisotopic (exact) mass is 578 g/mol. The number of nitrogens with zero attached hydrogens (tertiary/aromatic N) is 3. The normalized spacial score (nSPS) is 39.3. The molecule has 5 aliphatic rings. The van der Waals surface area contributed by atoms with Crippen molar-refractivity contribution in [1.82, 2.24) is 15.1 Å². The molecule has 2 aliphatic heterocycles. The third-order valence-corrected chi connectivity index (χ3v) is 10.7. The number of aliphatic imine (C=N–C) groups is 1. The number of piperazine rings is 1. The Morgan fingerprint density at radius 1 is 1.02 bits per heavy atom. The number of carbonyl (C=O) groups is 2. The molecule has 3 amide bonds. The standard InChI is InChI=1S/C31H51ClN4O4/c1-19(2)40-26-17-24(39-4)13-14-25(26)30-34-28(21-9-11-23(32)12-10-21)29(22-7-5-20(3)6-8-22)36(30)31(38)35-16-15-33-27(37)18-35/h19-26,28-29H,5-18H2,1-4H3,(H,33,37)/t20?,21?,22?,23?,24?,25?,26?,28-,29+/m1/s1. The van der Waals surface area contributed by atoms with E-state index in [1.54, 1.807) is 12.0 Å². The highest BCUT2D eigenvalue weighted by Crippen LogP contribution is 2.45. The number of alkyl halides is 1. The van der Waals surface area contributed by atoms with E-state index >= 15 is 0 Å². The third kappa shape index (κ3) is 6.64. The fraction of sp³-hybridized carbons (Fsp3) is 0.903. The average molecular weight is 579 g/mol. The number of halogens is 1. The topological polar surface area (TPSA) is 83.5 Å². The maximum Gasteiger partial charge on any atom is 0.326 e. The van der Waals surface area contributed by atoms with Gasteiger partial charge in [0.15, 0.2) is 0 Å². The molecular weight excluding hydrogens is 528 g/mol. The molecule has 0 bridgehead atoms. The van der Waals surface area contributed by atoms with Crippen molar-refractivity contribution in [1.29, 1.82) is 0 Å². The van der Waals surface area contributed by atoms with Gasteiger partial charge in [0.25, 0.3) is 0 Å². The minimum atomic E-state index is -0.0843. The van der Waals surface area contributed by atoms with Gasteiger partial charge < -0.3 is 19.7 Å². The summed E-state index contributed by atoms with van der Waals surface area (Å²) in [6, 6.07) is 0.0830. The van der Waals surface area contributed by atoms with Crippen LogP contribution in [0.1, 0.15) is 91.4 Å². The van der Waals surface area contributed by atoms with E-state index in [2.05, 4.69) is 31.0 Å². The number of rotatable bonds is 6. The summed E-state index contributed by atoms with van der Waals surface area (Å²) in [5.41, 5.74) is 0. The van der Waals surface area contributed by atoms with Gasteiger partial charge in [-0.25, -0.2) is 4.79 Å². The first-order chi connectivity index (χ1) is 19.2. The van der Waals surface area contributed by atoms with Gasteiger partial charge in [0.1, 0.15) is 12.4 Å². The maximum atomic E-state index is 14.6. The zero-order valence-corrected chi connectivity index (χ0v) is 25.8. The summed E-state index contributed by atoms with van der Waals surface area (Å²) in [6.45, 7) is 7.66. The first-order valence-corrected chi connectivity index (χ1v) is 16.4. The minimum Gasteiger partial charge on any atom is -0.381 e. The van der Waals surface area contributed by atoms with Gasteiger partial charge in [0.2, 0.25) is 5.91 Å². The predicted octanol–water partition coefficient (Wildman–Crippen LogP) is 5.22. The first-order valence-electron chi connectivity index (χ1n) is 16.0. The van der Waals surface area contributed by atoms with Crippen molar-refractivity contribution in [2.75, 3.05) is 26.7 Å². The smallest absolute Gasteiger partial charge is 0.326 e. The molecule has 0 aromatic heterocycles. The molecule has 3 saturated carbocycles. The summed E-state index contributed by atoms with van der Waals surface area (Å²) in [5.74, 6) is 2.44. The second-order valence-corrected chi connectivity index (χ2v) is 14.0. The van der Waals surface area contributed by atoms with E-state index in [0.717, 1.165) is 69.5 Å². The summed E-state index contributed by atoms with van der Waals surface area (Å²) in [7, 11) is 1.78. The van der Waals surface area contributed by atoms with Crippen LogP contribution in [-0.4, -0.2) is 90.1 Å². The Morgan fingerprint density at radius 2 is 1.73 bits per heavy atom. The van der Waals surface area contributed by atoms with Crippen LogP contribution in [0.5, 0.6) is 0 Å². The van der Waals surface area contributed by atoms with Gasteiger partial charge in [-0.2, -0.15) is 0 Å². The highest BCUT2D eigenvalue weighted by atomic mass is 35.5. The van der Waals surface area contributed by atoms with E-state index in [1.165, 1.54) is 12.8 Å². The summed E-state index contributed by atoms with van der Waals surface area (Å²) < 4.78 is 12.3. The van der Waals surface area contributed by atoms with Crippen molar-refractivity contribution in [3.63, 3.8) is 0 Å². The van der Waals surface area contributed by atoms with Crippen molar-refractivity contribution in [2.45, 2.75) is 127 Å². The van der Waals surface area contributed by atoms with Crippen LogP contribution < -0.4 is 5.32 Å². The number of carbonyl (C=O) groups excluding carboxylic acids is 2. The van der Waals surface area contributed by atoms with Crippen LogP contribution in [0.25, 0.3) is 0 Å². The molecule has 1 N–H and O–H groups in total. The van der Waals surface area contributed by atoms with Crippen molar-refractivity contribution in [3.8, 4) is 0 Å². The fourth-order valence-electron chi connectivity index (χ4n) is 8.07. The van der Waals surface area contributed by atoms with Crippen LogP contribution in [0.15, 0.2) is 4.99 Å². The zero-order chi connectivity index (χ0) is 28.4. The van der Waals surface area contributed by atoms with E-state index < -0.39 is 0 Å². The lowest BCUT2D eigenvalue weighted by atomic mass is 9.72. The molecule has 0 aromatic carbocycles. The number of amidine groups is 1. The number of nitrogens with one attached hydrogen (secondary N) is 1. The number of methoxy groups -OCH3 is 1. The molecule has 4 fully saturated rings. The molecule has 0 aromatic rings. The predicted molar refractivity (Wildman–Crippen MR) is 158 cm³/mol. The minimum absolute atomic E-state index is 0.0377. The van der Waals surface area contributed by atoms with Crippen LogP contribution in [0.2, 0.25) is 0 Å². The van der Waals surface area contributed by atoms with Gasteiger partial charge in [0, 0.05) is 37.9 Å². The lowest BCUT2D eigenvalue weighted by molar-refractivity contribution is -0.123. The Morgan fingerprint density at radius 3 is 2.38 bits per heavy atom. The van der Waals surface area contributed by atoms with E-state index in [4.69, 9.17) is 26.1 Å². The average Bonchev–Trinajstić information content (AvgIpc) is 3.33. The van der Waals surface area contributed by atoms with E-state index in [0.29, 0.717) is 24.9 Å². The molecule has 5 rings (SSSR count). The Balaban J connectivity index is 1.53. The molecule has 3 aliphatic carbocycles. The zero-order valence-electron chi connectivity index (χ0n) is 25.0. The second-order valence-electron chi connectivity index (χ2n) is 13.4. The van der Waals surface area contributed by atoms with Gasteiger partial charge in [-0.15, -0.1) is 11.6 Å². The van der Waals surface area contributed by atoms with E-state index in [-0.39, 0.29) is 60.2 Å². The largest absolute Gasteiger partial charge is 0.381 e. The highest BCUT2D eigenvalue weighted by molar-refractivity contribution is 6.20. The lowest BCUT2D eigenvalue weighted by Crippen LogP contribution is -2.60. The van der Waals surface area contributed by atoms with E-state index in [9.17, 15) is 9.59 Å². The molecule has 5 atom stereocenters. The Labute approximate surface area is 245 Å². The second kappa shape index (κ2) is 13.3. The Kier molecular flexibility index (Phi) is 9.99.